The molecule has 2 aromatic heterocycles. The lowest BCUT2D eigenvalue weighted by Crippen LogP contribution is -2.45. The van der Waals surface area contributed by atoms with Gasteiger partial charge in [0.25, 0.3) is 0 Å². The van der Waals surface area contributed by atoms with Gasteiger partial charge in [-0.05, 0) is 83.1 Å². The Morgan fingerprint density at radius 2 is 1.80 bits per heavy atom. The lowest BCUT2D eigenvalue weighted by Gasteiger charge is -2.35. The van der Waals surface area contributed by atoms with Gasteiger partial charge in [-0.2, -0.15) is 0 Å². The zero-order valence-electron chi connectivity index (χ0n) is 20.4. The van der Waals surface area contributed by atoms with Crippen molar-refractivity contribution in [2.75, 3.05) is 44.7 Å². The number of aromatic nitrogens is 2. The Kier molecular flexibility index (Phi) is 7.61. The van der Waals surface area contributed by atoms with Crippen LogP contribution in [-0.4, -0.2) is 65.4 Å². The molecule has 1 saturated heterocycles. The van der Waals surface area contributed by atoms with Crippen molar-refractivity contribution in [1.29, 1.82) is 0 Å². The van der Waals surface area contributed by atoms with Crippen molar-refractivity contribution in [1.82, 2.24) is 19.8 Å². The quantitative estimate of drug-likeness (QED) is 0.333. The molecule has 1 N–H and O–H groups in total. The predicted molar refractivity (Wildman–Crippen MR) is 149 cm³/mol. The molecular weight excluding hydrogens is 499 g/mol. The number of anilines is 1. The zero-order chi connectivity index (χ0) is 24.4. The Balaban J connectivity index is 1.52. The van der Waals surface area contributed by atoms with E-state index in [1.807, 2.05) is 12.3 Å². The summed E-state index contributed by atoms with van der Waals surface area (Å²) in [6.45, 7) is 10.3. The van der Waals surface area contributed by atoms with Gasteiger partial charge in [0.2, 0.25) is 0 Å². The molecule has 2 aliphatic heterocycles. The zero-order valence-corrected chi connectivity index (χ0v) is 22.7. The first-order valence-electron chi connectivity index (χ1n) is 12.5. The molecule has 3 aromatic rings. The molecule has 1 aromatic carbocycles. The number of hydrogen-bond donors (Lipinski definition) is 1. The summed E-state index contributed by atoms with van der Waals surface area (Å²) in [5, 5.41) is 4.60. The number of fused-ring (bicyclic) bond motifs is 1. The van der Waals surface area contributed by atoms with E-state index in [0.717, 1.165) is 42.1 Å². The molecule has 4 heterocycles. The van der Waals surface area contributed by atoms with Crippen LogP contribution in [0.4, 0.5) is 5.82 Å². The van der Waals surface area contributed by atoms with Crippen molar-refractivity contribution in [3.63, 3.8) is 0 Å². The third-order valence-corrected chi connectivity index (χ3v) is 8.83. The van der Waals surface area contributed by atoms with E-state index in [2.05, 4.69) is 41.1 Å². The summed E-state index contributed by atoms with van der Waals surface area (Å²) < 4.78 is 0. The molecule has 5 rings (SSSR count). The number of nitrogens with one attached hydrogen (secondary N) is 1. The first-order chi connectivity index (χ1) is 17.0. The summed E-state index contributed by atoms with van der Waals surface area (Å²) in [6, 6.07) is 7.97. The second-order valence-electron chi connectivity index (χ2n) is 9.34. The summed E-state index contributed by atoms with van der Waals surface area (Å²) in [7, 11) is 0. The number of thiophene rings is 1. The van der Waals surface area contributed by atoms with Crippen molar-refractivity contribution in [3.8, 4) is 0 Å². The normalized spacial score (nSPS) is 20.9. The summed E-state index contributed by atoms with van der Waals surface area (Å²) in [5.41, 5.74) is 1.77. The number of benzene rings is 1. The van der Waals surface area contributed by atoms with Gasteiger partial charge in [-0.1, -0.05) is 30.1 Å². The molecule has 6 nitrogen and oxygen atoms in total. The van der Waals surface area contributed by atoms with Gasteiger partial charge in [-0.25, -0.2) is 9.97 Å². The summed E-state index contributed by atoms with van der Waals surface area (Å²) in [4.78, 5) is 22.3. The summed E-state index contributed by atoms with van der Waals surface area (Å²) >= 11 is 14.5. The van der Waals surface area contributed by atoms with Crippen molar-refractivity contribution in [2.24, 2.45) is 4.99 Å². The van der Waals surface area contributed by atoms with E-state index in [9.17, 15) is 0 Å². The molecule has 9 heteroatoms. The minimum atomic E-state index is -0.571. The number of likely N-dealkylation sites (tertiary alicyclic amines) is 1. The number of halogens is 2. The van der Waals surface area contributed by atoms with Crippen molar-refractivity contribution < 1.29 is 0 Å². The van der Waals surface area contributed by atoms with E-state index in [0.29, 0.717) is 16.7 Å². The maximum absolute atomic E-state index is 6.37. The van der Waals surface area contributed by atoms with Gasteiger partial charge >= 0.3 is 0 Å². The van der Waals surface area contributed by atoms with Gasteiger partial charge in [-0.15, -0.1) is 11.3 Å². The summed E-state index contributed by atoms with van der Waals surface area (Å²) in [5.74, 6) is 0.787. The molecule has 186 valence electrons. The highest BCUT2D eigenvalue weighted by atomic mass is 35.5. The minimum Gasteiger partial charge on any atom is -0.368 e. The molecule has 0 aliphatic carbocycles. The topological polar surface area (TPSA) is 56.7 Å². The van der Waals surface area contributed by atoms with Gasteiger partial charge in [0, 0.05) is 22.5 Å². The van der Waals surface area contributed by atoms with Crippen LogP contribution in [0.1, 0.15) is 48.1 Å². The van der Waals surface area contributed by atoms with E-state index in [1.54, 1.807) is 17.4 Å². The predicted octanol–water partition coefficient (Wildman–Crippen LogP) is 6.20. The van der Waals surface area contributed by atoms with Gasteiger partial charge < -0.3 is 10.2 Å². The van der Waals surface area contributed by atoms with E-state index < -0.39 is 5.54 Å². The molecule has 1 unspecified atom stereocenters. The van der Waals surface area contributed by atoms with Gasteiger partial charge in [0.15, 0.2) is 5.82 Å². The molecule has 2 aliphatic rings. The average Bonchev–Trinajstić information content (AvgIpc) is 3.60. The number of nitrogens with zero attached hydrogens (tertiary/aromatic N) is 5. The third kappa shape index (κ3) is 4.94. The number of aliphatic imine (C=N–C) groups is 1. The largest absolute Gasteiger partial charge is 0.368 e. The van der Waals surface area contributed by atoms with Gasteiger partial charge in [0.1, 0.15) is 11.2 Å². The van der Waals surface area contributed by atoms with Crippen LogP contribution in [-0.2, 0) is 5.54 Å². The van der Waals surface area contributed by atoms with E-state index in [1.165, 1.54) is 48.7 Å². The lowest BCUT2D eigenvalue weighted by molar-refractivity contribution is 0.222. The highest BCUT2D eigenvalue weighted by Gasteiger charge is 2.46. The Labute approximate surface area is 221 Å². The van der Waals surface area contributed by atoms with Crippen LogP contribution in [0.5, 0.6) is 0 Å². The highest BCUT2D eigenvalue weighted by molar-refractivity contribution is 7.12. The Bertz CT molecular complexity index is 1220. The second-order valence-corrected chi connectivity index (χ2v) is 11.4. The molecule has 1 fully saturated rings. The average molecular weight is 532 g/mol. The molecule has 1 atom stereocenters. The SMILES string of the molecule is CCN1CN=CC1(c1ccc(C)s1)c1nc2cc(Cl)c(Cl)cc2nc1NCCCCN1CCCC1. The maximum Gasteiger partial charge on any atom is 0.151 e. The molecule has 0 radical (unpaired) electrons. The molecule has 0 amide bonds. The number of hydrogen-bond acceptors (Lipinski definition) is 7. The fourth-order valence-electron chi connectivity index (χ4n) is 5.11. The number of aryl methyl sites for hydroxylation is 1. The number of rotatable bonds is 9. The summed E-state index contributed by atoms with van der Waals surface area (Å²) in [6.07, 6.45) is 6.96. The van der Waals surface area contributed by atoms with Crippen LogP contribution in [0, 0.1) is 6.92 Å². The molecule has 35 heavy (non-hydrogen) atoms. The Hall–Kier alpha value is -1.77. The van der Waals surface area contributed by atoms with Gasteiger partial charge in [0.05, 0.1) is 27.7 Å². The van der Waals surface area contributed by atoms with Crippen LogP contribution in [0.2, 0.25) is 10.0 Å². The second kappa shape index (κ2) is 10.7. The number of unbranched alkanes of at least 4 members (excludes halogenated alkanes) is 1. The highest BCUT2D eigenvalue weighted by Crippen LogP contribution is 2.43. The van der Waals surface area contributed by atoms with Crippen LogP contribution < -0.4 is 5.32 Å². The fourth-order valence-corrected chi connectivity index (χ4v) is 6.48. The van der Waals surface area contributed by atoms with Crippen molar-refractivity contribution in [2.45, 2.75) is 45.1 Å². The first kappa shape index (κ1) is 24.9. The maximum atomic E-state index is 6.37. The van der Waals surface area contributed by atoms with Crippen molar-refractivity contribution in [3.05, 3.63) is 49.8 Å². The monoisotopic (exact) mass is 530 g/mol. The lowest BCUT2D eigenvalue weighted by atomic mass is 9.92. The van der Waals surface area contributed by atoms with E-state index in [-0.39, 0.29) is 0 Å². The third-order valence-electron chi connectivity index (χ3n) is 6.99. The Morgan fingerprint density at radius 1 is 1.06 bits per heavy atom. The van der Waals surface area contributed by atoms with Crippen molar-refractivity contribution >= 4 is 57.6 Å². The minimum absolute atomic E-state index is 0.482. The van der Waals surface area contributed by atoms with Crippen LogP contribution in [0.15, 0.2) is 29.3 Å². The molecular formula is C26H32Cl2N6S. The smallest absolute Gasteiger partial charge is 0.151 e. The molecule has 0 bridgehead atoms. The van der Waals surface area contributed by atoms with Crippen LogP contribution in [0.3, 0.4) is 0 Å². The van der Waals surface area contributed by atoms with Crippen LogP contribution >= 0.6 is 34.5 Å². The van der Waals surface area contributed by atoms with E-state index in [4.69, 9.17) is 38.2 Å². The first-order valence-corrected chi connectivity index (χ1v) is 14.0. The molecule has 0 saturated carbocycles. The molecule has 0 spiro atoms. The van der Waals surface area contributed by atoms with Crippen LogP contribution in [0.25, 0.3) is 11.0 Å². The van der Waals surface area contributed by atoms with E-state index >= 15 is 0 Å². The standard InChI is InChI=1S/C26H32Cl2N6S/c1-3-34-17-29-16-26(34,23-9-8-18(2)35-23)24-25(30-10-4-5-11-33-12-6-7-13-33)32-22-15-20(28)19(27)14-21(22)31-24/h8-9,14-16H,3-7,10-13,17H2,1-2H3,(H,30,32). The Morgan fingerprint density at radius 3 is 2.49 bits per heavy atom. The van der Waals surface area contributed by atoms with Gasteiger partial charge in [-0.3, -0.25) is 9.89 Å². The fraction of sp³-hybridized carbons (Fsp3) is 0.500.